The first-order valence-electron chi connectivity index (χ1n) is 5.86. The van der Waals surface area contributed by atoms with Crippen LogP contribution in [0.15, 0.2) is 18.2 Å². The van der Waals surface area contributed by atoms with Gasteiger partial charge in [-0.15, -0.1) is 0 Å². The molecular weight excluding hydrogens is 298 g/mol. The van der Waals surface area contributed by atoms with Gasteiger partial charge in [-0.25, -0.2) is 4.68 Å². The van der Waals surface area contributed by atoms with E-state index < -0.39 is 0 Å². The summed E-state index contributed by atoms with van der Waals surface area (Å²) in [5, 5.41) is 5.03. The highest BCUT2D eigenvalue weighted by molar-refractivity contribution is 6.34. The second-order valence-corrected chi connectivity index (χ2v) is 5.08. The fraction of sp³-hybridized carbons (Fsp3) is 0.231. The van der Waals surface area contributed by atoms with Crippen LogP contribution in [-0.2, 0) is 6.32 Å². The number of carbonyl (C=O) groups excluding carboxylic acids is 1. The Balaban J connectivity index is 2.44. The van der Waals surface area contributed by atoms with E-state index in [-0.39, 0.29) is 12.2 Å². The molecule has 7 heteroatoms. The molecule has 0 atom stereocenters. The first-order valence-corrected chi connectivity index (χ1v) is 6.61. The lowest BCUT2D eigenvalue weighted by molar-refractivity contribution is 0.0918. The maximum atomic E-state index is 11.5. The molecule has 1 heterocycles. The normalized spacial score (nSPS) is 10.6. The van der Waals surface area contributed by atoms with Crippen molar-refractivity contribution in [2.45, 2.75) is 20.2 Å². The number of ether oxygens (including phenoxy) is 1. The molecule has 1 aromatic heterocycles. The number of aromatic nitrogens is 2. The number of carbonyl (C=O) groups is 1. The van der Waals surface area contributed by atoms with E-state index in [0.29, 0.717) is 32.9 Å². The zero-order chi connectivity index (χ0) is 14.9. The SMILES string of the molecule is [B]Cc1nn(C(C)=O)c(C)c1Oc1cc(Cl)cc(Cl)c1. The van der Waals surface area contributed by atoms with Crippen molar-refractivity contribution in [3.05, 3.63) is 39.6 Å². The van der Waals surface area contributed by atoms with E-state index >= 15 is 0 Å². The van der Waals surface area contributed by atoms with E-state index in [0.717, 1.165) is 0 Å². The zero-order valence-corrected chi connectivity index (χ0v) is 12.5. The minimum atomic E-state index is -0.212. The average molecular weight is 309 g/mol. The van der Waals surface area contributed by atoms with Crippen molar-refractivity contribution in [3.63, 3.8) is 0 Å². The molecule has 2 aromatic rings. The fourth-order valence-electron chi connectivity index (χ4n) is 1.82. The Kier molecular flexibility index (Phi) is 4.40. The quantitative estimate of drug-likeness (QED) is 0.813. The lowest BCUT2D eigenvalue weighted by Gasteiger charge is -2.07. The predicted octanol–water partition coefficient (Wildman–Crippen LogP) is 3.62. The molecule has 0 saturated heterocycles. The van der Waals surface area contributed by atoms with E-state index in [4.69, 9.17) is 35.8 Å². The lowest BCUT2D eigenvalue weighted by Crippen LogP contribution is -2.09. The number of rotatable bonds is 3. The van der Waals surface area contributed by atoms with Crippen molar-refractivity contribution in [1.29, 1.82) is 0 Å². The van der Waals surface area contributed by atoms with Gasteiger partial charge in [0.25, 0.3) is 0 Å². The van der Waals surface area contributed by atoms with Crippen molar-refractivity contribution in [3.8, 4) is 11.5 Å². The molecule has 0 bridgehead atoms. The highest BCUT2D eigenvalue weighted by atomic mass is 35.5. The van der Waals surface area contributed by atoms with Crippen LogP contribution in [0.3, 0.4) is 0 Å². The van der Waals surface area contributed by atoms with E-state index in [1.165, 1.54) is 11.6 Å². The summed E-state index contributed by atoms with van der Waals surface area (Å²) in [6.07, 6.45) is 0.157. The Morgan fingerprint density at radius 1 is 1.35 bits per heavy atom. The smallest absolute Gasteiger partial charge is 0.244 e. The standard InChI is InChI=1S/C13H11BCl2N2O2/c1-7-13(12(6-14)17-18(7)8(2)19)20-11-4-9(15)3-10(16)5-11/h3-5H,6H2,1-2H3. The molecule has 2 radical (unpaired) electrons. The summed E-state index contributed by atoms with van der Waals surface area (Å²) < 4.78 is 6.99. The van der Waals surface area contributed by atoms with E-state index in [1.54, 1.807) is 25.1 Å². The van der Waals surface area contributed by atoms with Gasteiger partial charge in [0.1, 0.15) is 5.75 Å². The summed E-state index contributed by atoms with van der Waals surface area (Å²) in [4.78, 5) is 11.5. The lowest BCUT2D eigenvalue weighted by atomic mass is 10.0. The fourth-order valence-corrected chi connectivity index (χ4v) is 2.33. The summed E-state index contributed by atoms with van der Waals surface area (Å²) in [7, 11) is 5.63. The highest BCUT2D eigenvalue weighted by Crippen LogP contribution is 2.32. The molecule has 2 rings (SSSR count). The van der Waals surface area contributed by atoms with Gasteiger partial charge in [-0.1, -0.05) is 23.2 Å². The first kappa shape index (κ1) is 14.9. The van der Waals surface area contributed by atoms with Crippen LogP contribution in [0.25, 0.3) is 0 Å². The Labute approximate surface area is 128 Å². The minimum Gasteiger partial charge on any atom is -0.453 e. The maximum absolute atomic E-state index is 11.5. The van der Waals surface area contributed by atoms with Crippen molar-refractivity contribution < 1.29 is 9.53 Å². The van der Waals surface area contributed by atoms with E-state index in [9.17, 15) is 4.79 Å². The van der Waals surface area contributed by atoms with Gasteiger partial charge < -0.3 is 4.74 Å². The second kappa shape index (κ2) is 5.89. The Bertz CT molecular complexity index is 650. The van der Waals surface area contributed by atoms with Gasteiger partial charge in [-0.05, 0) is 31.4 Å². The molecule has 0 aliphatic rings. The van der Waals surface area contributed by atoms with Gasteiger partial charge in [0, 0.05) is 17.0 Å². The Hall–Kier alpha value is -1.46. The van der Waals surface area contributed by atoms with Crippen LogP contribution in [0, 0.1) is 6.92 Å². The third-order valence-corrected chi connectivity index (χ3v) is 3.11. The van der Waals surface area contributed by atoms with E-state index in [2.05, 4.69) is 5.10 Å². The monoisotopic (exact) mass is 308 g/mol. The summed E-state index contributed by atoms with van der Waals surface area (Å²) in [6, 6.07) is 4.85. The molecule has 4 nitrogen and oxygen atoms in total. The van der Waals surface area contributed by atoms with Crippen molar-refractivity contribution in [1.82, 2.24) is 9.78 Å². The molecule has 1 aromatic carbocycles. The Morgan fingerprint density at radius 2 is 1.95 bits per heavy atom. The van der Waals surface area contributed by atoms with Crippen LogP contribution in [0.5, 0.6) is 11.5 Å². The van der Waals surface area contributed by atoms with Gasteiger partial charge in [0.05, 0.1) is 19.2 Å². The maximum Gasteiger partial charge on any atom is 0.244 e. The average Bonchev–Trinajstić information content (AvgIpc) is 2.65. The molecule has 0 aliphatic heterocycles. The topological polar surface area (TPSA) is 44.1 Å². The van der Waals surface area contributed by atoms with E-state index in [1.807, 2.05) is 0 Å². The summed E-state index contributed by atoms with van der Waals surface area (Å²) in [5.41, 5.74) is 1.07. The van der Waals surface area contributed by atoms with Crippen LogP contribution in [0.2, 0.25) is 10.0 Å². The van der Waals surface area contributed by atoms with Crippen molar-refractivity contribution in [2.75, 3.05) is 0 Å². The highest BCUT2D eigenvalue weighted by Gasteiger charge is 2.18. The second-order valence-electron chi connectivity index (χ2n) is 4.20. The molecule has 0 unspecified atom stereocenters. The molecule has 0 amide bonds. The van der Waals surface area contributed by atoms with Crippen LogP contribution in [0.1, 0.15) is 23.1 Å². The van der Waals surface area contributed by atoms with Crippen LogP contribution < -0.4 is 4.74 Å². The number of hydrogen-bond acceptors (Lipinski definition) is 3. The molecule has 0 aliphatic carbocycles. The first-order chi connectivity index (χ1) is 9.42. The van der Waals surface area contributed by atoms with Crippen LogP contribution in [-0.4, -0.2) is 23.5 Å². The molecule has 0 N–H and O–H groups in total. The minimum absolute atomic E-state index is 0.157. The van der Waals surface area contributed by atoms with Gasteiger partial charge >= 0.3 is 0 Å². The number of hydrogen-bond donors (Lipinski definition) is 0. The molecule has 102 valence electrons. The predicted molar refractivity (Wildman–Crippen MR) is 79.3 cm³/mol. The van der Waals surface area contributed by atoms with Gasteiger partial charge in [0.15, 0.2) is 5.75 Å². The number of benzene rings is 1. The number of nitrogens with zero attached hydrogens (tertiary/aromatic N) is 2. The summed E-state index contributed by atoms with van der Waals surface area (Å²) >= 11 is 11.8. The van der Waals surface area contributed by atoms with Crippen molar-refractivity contribution in [2.24, 2.45) is 0 Å². The van der Waals surface area contributed by atoms with Crippen LogP contribution >= 0.6 is 23.2 Å². The largest absolute Gasteiger partial charge is 0.453 e. The summed E-state index contributed by atoms with van der Waals surface area (Å²) in [5.74, 6) is 0.695. The number of halogens is 2. The molecule has 0 saturated carbocycles. The molecule has 0 fully saturated rings. The van der Waals surface area contributed by atoms with Gasteiger partial charge in [-0.2, -0.15) is 5.10 Å². The third-order valence-electron chi connectivity index (χ3n) is 2.68. The van der Waals surface area contributed by atoms with Crippen molar-refractivity contribution >= 4 is 37.0 Å². The molecular formula is C13H11BCl2N2O2. The third kappa shape index (κ3) is 2.99. The Morgan fingerprint density at radius 3 is 2.45 bits per heavy atom. The zero-order valence-electron chi connectivity index (χ0n) is 11.0. The molecule has 20 heavy (non-hydrogen) atoms. The van der Waals surface area contributed by atoms with Gasteiger partial charge in [-0.3, -0.25) is 4.79 Å². The molecule has 0 spiro atoms. The summed E-state index contributed by atoms with van der Waals surface area (Å²) in [6.45, 7) is 3.15. The van der Waals surface area contributed by atoms with Gasteiger partial charge in [0.2, 0.25) is 5.91 Å². The van der Waals surface area contributed by atoms with Crippen LogP contribution in [0.4, 0.5) is 0 Å².